The molecule has 2 N–H and O–H groups in total. The van der Waals surface area contributed by atoms with Gasteiger partial charge in [0.25, 0.3) is 0 Å². The first-order valence-corrected chi connectivity index (χ1v) is 6.34. The summed E-state index contributed by atoms with van der Waals surface area (Å²) in [6.45, 7) is 0. The van der Waals surface area contributed by atoms with Gasteiger partial charge in [-0.25, -0.2) is 0 Å². The van der Waals surface area contributed by atoms with Crippen LogP contribution in [-0.2, 0) is 11.2 Å². The fraction of sp³-hybridized carbons (Fsp3) is 0.125. The van der Waals surface area contributed by atoms with Gasteiger partial charge in [-0.15, -0.1) is 0 Å². The number of Topliss-reactive ketones (excluding diaryl/α,β-unsaturated/α-hetero) is 1. The molecule has 1 aliphatic carbocycles. The maximum absolute atomic E-state index is 12.6. The second kappa shape index (κ2) is 4.81. The number of hydrogen-bond acceptors (Lipinski definition) is 3. The van der Waals surface area contributed by atoms with Crippen molar-refractivity contribution < 1.29 is 14.3 Å². The second-order valence-corrected chi connectivity index (χ2v) is 4.78. The van der Waals surface area contributed by atoms with Crippen molar-refractivity contribution >= 4 is 11.7 Å². The third-order valence-corrected chi connectivity index (χ3v) is 3.32. The predicted molar refractivity (Wildman–Crippen MR) is 74.2 cm³/mol. The van der Waals surface area contributed by atoms with Gasteiger partial charge < -0.3 is 10.5 Å². The Kier molecular flexibility index (Phi) is 2.99. The SMILES string of the molecule is NC(=O)Cc1ccc2c(c1)C(=O)C1=CC=CCC1=CO2. The van der Waals surface area contributed by atoms with E-state index in [2.05, 4.69) is 0 Å². The largest absolute Gasteiger partial charge is 0.464 e. The number of ketones is 1. The Balaban J connectivity index is 2.06. The second-order valence-electron chi connectivity index (χ2n) is 4.78. The maximum atomic E-state index is 12.6. The summed E-state index contributed by atoms with van der Waals surface area (Å²) < 4.78 is 5.57. The van der Waals surface area contributed by atoms with Gasteiger partial charge in [0.05, 0.1) is 18.2 Å². The standard InChI is InChI=1S/C16H13NO3/c17-15(18)8-10-5-6-14-13(7-10)16(19)12-4-2-1-3-11(12)9-20-14/h1-2,4-7,9H,3,8H2,(H2,17,18). The summed E-state index contributed by atoms with van der Waals surface area (Å²) in [5.41, 5.74) is 7.87. The fourth-order valence-electron chi connectivity index (χ4n) is 2.36. The topological polar surface area (TPSA) is 69.4 Å². The highest BCUT2D eigenvalue weighted by Crippen LogP contribution is 2.32. The molecule has 0 unspecified atom stereocenters. The molecule has 0 bridgehead atoms. The number of fused-ring (bicyclic) bond motifs is 2. The van der Waals surface area contributed by atoms with Crippen molar-refractivity contribution in [2.75, 3.05) is 0 Å². The molecule has 0 saturated carbocycles. The third kappa shape index (κ3) is 2.16. The lowest BCUT2D eigenvalue weighted by Gasteiger charge is -2.09. The highest BCUT2D eigenvalue weighted by molar-refractivity contribution is 6.14. The highest BCUT2D eigenvalue weighted by atomic mass is 16.5. The first-order valence-electron chi connectivity index (χ1n) is 6.34. The zero-order valence-corrected chi connectivity index (χ0v) is 10.8. The van der Waals surface area contributed by atoms with E-state index in [9.17, 15) is 9.59 Å². The number of carbonyl (C=O) groups is 2. The smallest absolute Gasteiger partial charge is 0.221 e. The minimum atomic E-state index is -0.425. The monoisotopic (exact) mass is 267 g/mol. The van der Waals surface area contributed by atoms with E-state index in [1.807, 2.05) is 12.2 Å². The number of nitrogens with two attached hydrogens (primary N) is 1. The van der Waals surface area contributed by atoms with Crippen LogP contribution in [0.25, 0.3) is 0 Å². The number of benzene rings is 1. The van der Waals surface area contributed by atoms with Gasteiger partial charge in [0.2, 0.25) is 5.91 Å². The van der Waals surface area contributed by atoms with Crippen molar-refractivity contribution in [2.24, 2.45) is 5.73 Å². The predicted octanol–water partition coefficient (Wildman–Crippen LogP) is 2.06. The quantitative estimate of drug-likeness (QED) is 0.891. The molecule has 4 nitrogen and oxygen atoms in total. The minimum absolute atomic E-state index is 0.0839. The van der Waals surface area contributed by atoms with Gasteiger partial charge in [-0.3, -0.25) is 9.59 Å². The number of hydrogen-bond donors (Lipinski definition) is 1. The fourth-order valence-corrected chi connectivity index (χ4v) is 2.36. The molecule has 1 aromatic rings. The zero-order valence-electron chi connectivity index (χ0n) is 10.8. The normalized spacial score (nSPS) is 16.3. The summed E-state index contributed by atoms with van der Waals surface area (Å²) >= 11 is 0. The highest BCUT2D eigenvalue weighted by Gasteiger charge is 2.24. The molecule has 100 valence electrons. The Hall–Kier alpha value is -2.62. The number of amides is 1. The van der Waals surface area contributed by atoms with Crippen LogP contribution in [0.4, 0.5) is 0 Å². The Bertz CT molecular complexity index is 696. The Morgan fingerprint density at radius 2 is 2.20 bits per heavy atom. The van der Waals surface area contributed by atoms with Crippen LogP contribution >= 0.6 is 0 Å². The lowest BCUT2D eigenvalue weighted by atomic mass is 9.92. The molecule has 1 heterocycles. The molecule has 4 heteroatoms. The molecule has 0 atom stereocenters. The number of carbonyl (C=O) groups excluding carboxylic acids is 2. The molecule has 0 spiro atoms. The van der Waals surface area contributed by atoms with Gasteiger partial charge >= 0.3 is 0 Å². The van der Waals surface area contributed by atoms with E-state index in [0.29, 0.717) is 28.9 Å². The van der Waals surface area contributed by atoms with Gasteiger partial charge in [-0.05, 0) is 24.1 Å². The first-order chi connectivity index (χ1) is 9.65. The number of ether oxygens (including phenoxy) is 1. The van der Waals surface area contributed by atoms with Gasteiger partial charge in [0, 0.05) is 11.1 Å². The molecular formula is C16H13NO3. The molecule has 1 amide bonds. The van der Waals surface area contributed by atoms with Crippen molar-refractivity contribution in [2.45, 2.75) is 12.8 Å². The first kappa shape index (κ1) is 12.4. The Morgan fingerprint density at radius 1 is 1.35 bits per heavy atom. The zero-order chi connectivity index (χ0) is 14.1. The molecule has 20 heavy (non-hydrogen) atoms. The number of rotatable bonds is 2. The molecule has 0 radical (unpaired) electrons. The van der Waals surface area contributed by atoms with Crippen molar-refractivity contribution in [3.63, 3.8) is 0 Å². The van der Waals surface area contributed by atoms with Gasteiger partial charge in [0.1, 0.15) is 5.75 Å². The van der Waals surface area contributed by atoms with Crippen LogP contribution in [0.2, 0.25) is 0 Å². The molecule has 1 aromatic carbocycles. The van der Waals surface area contributed by atoms with Crippen molar-refractivity contribution in [3.05, 3.63) is 65.0 Å². The molecule has 0 aromatic heterocycles. The van der Waals surface area contributed by atoms with E-state index < -0.39 is 5.91 Å². The number of primary amides is 1. The molecule has 1 aliphatic heterocycles. The minimum Gasteiger partial charge on any atom is -0.464 e. The van der Waals surface area contributed by atoms with Crippen LogP contribution in [0.1, 0.15) is 22.3 Å². The third-order valence-electron chi connectivity index (χ3n) is 3.32. The van der Waals surface area contributed by atoms with E-state index in [-0.39, 0.29) is 12.2 Å². The van der Waals surface area contributed by atoms with E-state index in [4.69, 9.17) is 10.5 Å². The van der Waals surface area contributed by atoms with Crippen molar-refractivity contribution in [1.29, 1.82) is 0 Å². The summed E-state index contributed by atoms with van der Waals surface area (Å²) in [6.07, 6.45) is 8.03. The van der Waals surface area contributed by atoms with Crippen molar-refractivity contribution in [3.8, 4) is 5.75 Å². The average molecular weight is 267 g/mol. The molecule has 0 fully saturated rings. The van der Waals surface area contributed by atoms with E-state index in [1.54, 1.807) is 30.5 Å². The summed E-state index contributed by atoms with van der Waals surface area (Å²) in [5, 5.41) is 0. The molecular weight excluding hydrogens is 254 g/mol. The van der Waals surface area contributed by atoms with E-state index >= 15 is 0 Å². The summed E-state index contributed by atoms with van der Waals surface area (Å²) in [6, 6.07) is 5.13. The van der Waals surface area contributed by atoms with Crippen LogP contribution in [0.5, 0.6) is 5.75 Å². The molecule has 3 rings (SSSR count). The Morgan fingerprint density at radius 3 is 3.00 bits per heavy atom. The van der Waals surface area contributed by atoms with Crippen LogP contribution in [0, 0.1) is 0 Å². The van der Waals surface area contributed by atoms with Crippen LogP contribution in [0.3, 0.4) is 0 Å². The lowest BCUT2D eigenvalue weighted by Crippen LogP contribution is -2.14. The van der Waals surface area contributed by atoms with Gasteiger partial charge in [0.15, 0.2) is 5.78 Å². The molecule has 2 aliphatic rings. The van der Waals surface area contributed by atoms with Crippen LogP contribution in [0.15, 0.2) is 53.8 Å². The summed E-state index contributed by atoms with van der Waals surface area (Å²) in [7, 11) is 0. The van der Waals surface area contributed by atoms with Gasteiger partial charge in [-0.1, -0.05) is 24.3 Å². The van der Waals surface area contributed by atoms with E-state index in [1.165, 1.54) is 0 Å². The average Bonchev–Trinajstić information content (AvgIpc) is 2.57. The maximum Gasteiger partial charge on any atom is 0.221 e. The van der Waals surface area contributed by atoms with Crippen molar-refractivity contribution in [1.82, 2.24) is 0 Å². The van der Waals surface area contributed by atoms with E-state index in [0.717, 1.165) is 5.57 Å². The number of allylic oxidation sites excluding steroid dienone is 5. The lowest BCUT2D eigenvalue weighted by molar-refractivity contribution is -0.117. The Labute approximate surface area is 116 Å². The summed E-state index contributed by atoms with van der Waals surface area (Å²) in [5.74, 6) is -0.00369. The van der Waals surface area contributed by atoms with Crippen LogP contribution in [-0.4, -0.2) is 11.7 Å². The molecule has 0 saturated heterocycles. The van der Waals surface area contributed by atoms with Crippen LogP contribution < -0.4 is 10.5 Å². The summed E-state index contributed by atoms with van der Waals surface area (Å²) in [4.78, 5) is 23.6. The van der Waals surface area contributed by atoms with Gasteiger partial charge in [-0.2, -0.15) is 0 Å².